The van der Waals surface area contributed by atoms with E-state index in [0.29, 0.717) is 11.8 Å². The van der Waals surface area contributed by atoms with Gasteiger partial charge in [0.2, 0.25) is 0 Å². The van der Waals surface area contributed by atoms with Crippen LogP contribution in [0.1, 0.15) is 42.9 Å². The van der Waals surface area contributed by atoms with Crippen LogP contribution in [0.4, 0.5) is 0 Å². The molecular weight excluding hydrogens is 208 g/mol. The summed E-state index contributed by atoms with van der Waals surface area (Å²) < 4.78 is 0. The molecule has 0 spiro atoms. The number of aliphatic hydroxyl groups excluding tert-OH is 1. The van der Waals surface area contributed by atoms with Crippen molar-refractivity contribution >= 4 is 0 Å². The summed E-state index contributed by atoms with van der Waals surface area (Å²) in [6.45, 7) is 2.20. The van der Waals surface area contributed by atoms with Crippen molar-refractivity contribution in [3.05, 3.63) is 34.9 Å². The molecule has 3 atom stereocenters. The van der Waals surface area contributed by atoms with Crippen molar-refractivity contribution < 1.29 is 5.11 Å². The topological polar surface area (TPSA) is 20.2 Å². The van der Waals surface area contributed by atoms with Gasteiger partial charge in [-0.25, -0.2) is 0 Å². The Morgan fingerprint density at radius 2 is 2.00 bits per heavy atom. The molecule has 1 aromatic carbocycles. The van der Waals surface area contributed by atoms with Crippen LogP contribution < -0.4 is 0 Å². The highest BCUT2D eigenvalue weighted by atomic mass is 16.3. The molecule has 0 aliphatic heterocycles. The normalized spacial score (nSPS) is 31.8. The Kier molecular flexibility index (Phi) is 2.96. The standard InChI is InChI=1S/C16H22O/c1-11-14(7-8-16(11)17)9-12-5-6-13-3-2-4-15(13)10-12/h5-6,10-11,14,16-17H,2-4,7-9H2,1H3. The highest BCUT2D eigenvalue weighted by Crippen LogP contribution is 2.34. The lowest BCUT2D eigenvalue weighted by atomic mass is 9.89. The third-order valence-corrected chi connectivity index (χ3v) is 4.84. The van der Waals surface area contributed by atoms with Gasteiger partial charge >= 0.3 is 0 Å². The SMILES string of the molecule is CC1C(O)CCC1Cc1ccc2c(c1)CCC2. The highest BCUT2D eigenvalue weighted by molar-refractivity contribution is 5.35. The largest absolute Gasteiger partial charge is 0.393 e. The molecule has 92 valence electrons. The quantitative estimate of drug-likeness (QED) is 0.827. The molecule has 0 aromatic heterocycles. The smallest absolute Gasteiger partial charge is 0.0568 e. The van der Waals surface area contributed by atoms with Crippen molar-refractivity contribution in [2.45, 2.75) is 51.6 Å². The van der Waals surface area contributed by atoms with Gasteiger partial charge in [-0.2, -0.15) is 0 Å². The number of benzene rings is 1. The minimum Gasteiger partial charge on any atom is -0.393 e. The molecule has 2 aliphatic rings. The Morgan fingerprint density at radius 1 is 1.18 bits per heavy atom. The zero-order valence-electron chi connectivity index (χ0n) is 10.7. The minimum absolute atomic E-state index is 0.0607. The van der Waals surface area contributed by atoms with Gasteiger partial charge in [0, 0.05) is 0 Å². The number of hydrogen-bond donors (Lipinski definition) is 1. The van der Waals surface area contributed by atoms with E-state index in [4.69, 9.17) is 0 Å². The van der Waals surface area contributed by atoms with Gasteiger partial charge in [0.15, 0.2) is 0 Å². The third kappa shape index (κ3) is 2.13. The zero-order chi connectivity index (χ0) is 11.8. The molecule has 0 heterocycles. The van der Waals surface area contributed by atoms with Gasteiger partial charge in [-0.15, -0.1) is 0 Å². The lowest BCUT2D eigenvalue weighted by molar-refractivity contribution is 0.127. The first-order valence-corrected chi connectivity index (χ1v) is 7.03. The summed E-state index contributed by atoms with van der Waals surface area (Å²) in [5.74, 6) is 1.16. The second-order valence-electron chi connectivity index (χ2n) is 5.92. The molecule has 2 aliphatic carbocycles. The van der Waals surface area contributed by atoms with E-state index >= 15 is 0 Å². The lowest BCUT2D eigenvalue weighted by Gasteiger charge is -2.17. The summed E-state index contributed by atoms with van der Waals surface area (Å²) in [5.41, 5.74) is 4.62. The van der Waals surface area contributed by atoms with E-state index in [1.165, 1.54) is 31.2 Å². The van der Waals surface area contributed by atoms with Crippen molar-refractivity contribution in [3.63, 3.8) is 0 Å². The summed E-state index contributed by atoms with van der Waals surface area (Å²) in [4.78, 5) is 0. The van der Waals surface area contributed by atoms with Crippen LogP contribution in [-0.4, -0.2) is 11.2 Å². The second-order valence-corrected chi connectivity index (χ2v) is 5.92. The van der Waals surface area contributed by atoms with Crippen LogP contribution in [0.15, 0.2) is 18.2 Å². The molecule has 1 aromatic rings. The van der Waals surface area contributed by atoms with Gasteiger partial charge in [-0.3, -0.25) is 0 Å². The summed E-state index contributed by atoms with van der Waals surface area (Å²) in [7, 11) is 0. The zero-order valence-corrected chi connectivity index (χ0v) is 10.7. The molecule has 3 unspecified atom stereocenters. The van der Waals surface area contributed by atoms with Gasteiger partial charge in [-0.1, -0.05) is 25.1 Å². The number of aliphatic hydroxyl groups is 1. The number of hydrogen-bond acceptors (Lipinski definition) is 1. The van der Waals surface area contributed by atoms with Gasteiger partial charge in [0.05, 0.1) is 6.10 Å². The summed E-state index contributed by atoms with van der Waals surface area (Å²) >= 11 is 0. The Balaban J connectivity index is 1.73. The van der Waals surface area contributed by atoms with Gasteiger partial charge in [0.1, 0.15) is 0 Å². The average Bonchev–Trinajstić information content (AvgIpc) is 2.90. The minimum atomic E-state index is -0.0607. The van der Waals surface area contributed by atoms with E-state index in [1.807, 2.05) is 0 Å². The molecule has 0 bridgehead atoms. The number of fused-ring (bicyclic) bond motifs is 1. The summed E-state index contributed by atoms with van der Waals surface area (Å²) in [6, 6.07) is 7.05. The molecule has 1 nitrogen and oxygen atoms in total. The van der Waals surface area contributed by atoms with Gasteiger partial charge in [0.25, 0.3) is 0 Å². The average molecular weight is 230 g/mol. The third-order valence-electron chi connectivity index (χ3n) is 4.84. The molecule has 1 fully saturated rings. The van der Waals surface area contributed by atoms with Gasteiger partial charge in [-0.05, 0) is 67.1 Å². The molecule has 0 amide bonds. The fourth-order valence-electron chi connectivity index (χ4n) is 3.57. The molecule has 1 saturated carbocycles. The van der Waals surface area contributed by atoms with E-state index in [1.54, 1.807) is 11.1 Å². The molecular formula is C16H22O. The van der Waals surface area contributed by atoms with Crippen molar-refractivity contribution in [2.75, 3.05) is 0 Å². The molecule has 17 heavy (non-hydrogen) atoms. The fraction of sp³-hybridized carbons (Fsp3) is 0.625. The van der Waals surface area contributed by atoms with E-state index in [0.717, 1.165) is 12.8 Å². The van der Waals surface area contributed by atoms with E-state index in [9.17, 15) is 5.11 Å². The van der Waals surface area contributed by atoms with Crippen molar-refractivity contribution in [1.82, 2.24) is 0 Å². The summed E-state index contributed by atoms with van der Waals surface area (Å²) in [6.07, 6.45) is 7.16. The maximum absolute atomic E-state index is 9.80. The van der Waals surface area contributed by atoms with Crippen LogP contribution in [0.2, 0.25) is 0 Å². The van der Waals surface area contributed by atoms with Crippen LogP contribution in [0.5, 0.6) is 0 Å². The Bertz CT molecular complexity index is 410. The van der Waals surface area contributed by atoms with Crippen molar-refractivity contribution in [3.8, 4) is 0 Å². The molecule has 0 saturated heterocycles. The second kappa shape index (κ2) is 4.45. The summed E-state index contributed by atoms with van der Waals surface area (Å²) in [5, 5.41) is 9.80. The van der Waals surface area contributed by atoms with Crippen molar-refractivity contribution in [1.29, 1.82) is 0 Å². The van der Waals surface area contributed by atoms with Crippen molar-refractivity contribution in [2.24, 2.45) is 11.8 Å². The number of aryl methyl sites for hydroxylation is 2. The van der Waals surface area contributed by atoms with Crippen LogP contribution >= 0.6 is 0 Å². The maximum Gasteiger partial charge on any atom is 0.0568 e. The molecule has 3 rings (SSSR count). The first-order valence-electron chi connectivity index (χ1n) is 7.03. The predicted octanol–water partition coefficient (Wildman–Crippen LogP) is 3.12. The van der Waals surface area contributed by atoms with Crippen LogP contribution in [-0.2, 0) is 19.3 Å². The van der Waals surface area contributed by atoms with Gasteiger partial charge < -0.3 is 5.11 Å². The Morgan fingerprint density at radius 3 is 2.76 bits per heavy atom. The van der Waals surface area contributed by atoms with E-state index < -0.39 is 0 Å². The van der Waals surface area contributed by atoms with Crippen LogP contribution in [0.3, 0.4) is 0 Å². The van der Waals surface area contributed by atoms with Crippen LogP contribution in [0, 0.1) is 11.8 Å². The Labute approximate surface area is 104 Å². The fourth-order valence-corrected chi connectivity index (χ4v) is 3.57. The first-order chi connectivity index (χ1) is 8.24. The predicted molar refractivity (Wildman–Crippen MR) is 70.1 cm³/mol. The number of rotatable bonds is 2. The first kappa shape index (κ1) is 11.3. The molecule has 1 N–H and O–H groups in total. The monoisotopic (exact) mass is 230 g/mol. The lowest BCUT2D eigenvalue weighted by Crippen LogP contribution is -2.16. The molecule has 1 heteroatoms. The van der Waals surface area contributed by atoms with Crippen LogP contribution in [0.25, 0.3) is 0 Å². The Hall–Kier alpha value is -0.820. The molecule has 0 radical (unpaired) electrons. The van der Waals surface area contributed by atoms with E-state index in [2.05, 4.69) is 25.1 Å². The maximum atomic E-state index is 9.80. The highest BCUT2D eigenvalue weighted by Gasteiger charge is 2.31. The van der Waals surface area contributed by atoms with E-state index in [-0.39, 0.29) is 6.10 Å².